The molecule has 0 bridgehead atoms. The monoisotopic (exact) mass is 2160 g/mol. The van der Waals surface area contributed by atoms with Gasteiger partial charge in [0, 0.05) is 60.1 Å². The number of methoxy groups -OCH3 is 4. The van der Waals surface area contributed by atoms with Gasteiger partial charge >= 0.3 is 47.8 Å². The van der Waals surface area contributed by atoms with E-state index in [0.717, 1.165) is 145 Å². The largest absolute Gasteiger partial charge is 0.496 e. The van der Waals surface area contributed by atoms with E-state index in [-0.39, 0.29) is 116 Å². The van der Waals surface area contributed by atoms with Crippen molar-refractivity contribution in [2.24, 2.45) is 0 Å². The van der Waals surface area contributed by atoms with Gasteiger partial charge < -0.3 is 85.8 Å². The third-order valence-corrected chi connectivity index (χ3v) is 25.5. The minimum atomic E-state index is -1.31. The zero-order valence-electron chi connectivity index (χ0n) is 80.9. The summed E-state index contributed by atoms with van der Waals surface area (Å²) in [6.07, 6.45) is 1.75. The molecule has 4 amide bonds. The van der Waals surface area contributed by atoms with E-state index in [1.807, 2.05) is 95.3 Å². The van der Waals surface area contributed by atoms with E-state index in [9.17, 15) is 82.8 Å². The topological polar surface area (TPSA) is 478 Å². The molecule has 0 saturated carbocycles. The number of rotatable bonds is 38. The van der Waals surface area contributed by atoms with Gasteiger partial charge in [-0.05, 0) is 217 Å². The molecule has 30 nitrogen and oxygen atoms in total. The first-order valence-corrected chi connectivity index (χ1v) is 47.8. The van der Waals surface area contributed by atoms with Crippen LogP contribution in [0.1, 0.15) is 182 Å². The lowest BCUT2D eigenvalue weighted by molar-refractivity contribution is -0.140. The van der Waals surface area contributed by atoms with Crippen molar-refractivity contribution >= 4 is 170 Å². The molecule has 12 rings (SSSR count). The molecule has 0 aromatic heterocycles. The molecular formula is C109H100Cl8N4O26. The molecule has 0 heterocycles. The summed E-state index contributed by atoms with van der Waals surface area (Å²) in [6, 6.07) is 48.2. The van der Waals surface area contributed by atoms with Crippen LogP contribution < -0.4 is 40.2 Å². The van der Waals surface area contributed by atoms with E-state index in [4.69, 9.17) is 137 Å². The van der Waals surface area contributed by atoms with Crippen LogP contribution in [0, 0.1) is 27.7 Å². The van der Waals surface area contributed by atoms with Crippen LogP contribution in [0.3, 0.4) is 0 Å². The second-order valence-corrected chi connectivity index (χ2v) is 36.5. The summed E-state index contributed by atoms with van der Waals surface area (Å²) in [7, 11) is 6.37. The minimum Gasteiger partial charge on any atom is -0.496 e. The number of ether oxygens (including phenoxy) is 5. The van der Waals surface area contributed by atoms with Crippen LogP contribution in [0.5, 0.6) is 23.0 Å². The summed E-state index contributed by atoms with van der Waals surface area (Å²) in [5, 5.41) is 83.3. The first kappa shape index (κ1) is 116. The summed E-state index contributed by atoms with van der Waals surface area (Å²) in [5.74, 6) is -10.7. The van der Waals surface area contributed by atoms with Crippen LogP contribution in [0.4, 0.5) is 0 Å². The normalized spacial score (nSPS) is 11.6. The number of amides is 4. The average Bonchev–Trinajstić information content (AvgIpc) is 0.796. The highest BCUT2D eigenvalue weighted by Crippen LogP contribution is 2.42. The van der Waals surface area contributed by atoms with E-state index in [2.05, 4.69) is 47.2 Å². The highest BCUT2D eigenvalue weighted by molar-refractivity contribution is 6.43. The van der Waals surface area contributed by atoms with Gasteiger partial charge in [0.05, 0.1) is 120 Å². The maximum atomic E-state index is 12.8. The molecule has 0 aliphatic carbocycles. The fourth-order valence-corrected chi connectivity index (χ4v) is 18.5. The van der Waals surface area contributed by atoms with Gasteiger partial charge in [0.25, 0.3) is 23.6 Å². The van der Waals surface area contributed by atoms with Gasteiger partial charge in [-0.25, -0.2) is 38.4 Å². The standard InChI is InChI=1S/C28H27Cl2NO7.C27H23Cl2NO7.2C27H25Cl2NO6/c1-4-38-14-17-9-15(2)24(23(11-17)37-3)18-7-5-16(6-8-18)10-22(28(35)36)31-26(32)25-20(29)12-19(27(33)34)13-21(25)30;1-13-8-17(14(2)31)12-22(37-3)23(13)16-6-4-15(5-7-16)9-21(27(35)36)30-25(32)24-19(28)10-18(26(33)34)11-20(24)29;2*1-4-15-9-14(2)23(22(11-15)36-3)17-7-5-16(6-8-17)10-21(27(34)35)30-25(31)24-19(28)12-18(26(32)33)13-20(24)29/h5-9,11-13,22H,4,10,14H2,1-3H3,(H,31,32)(H,33,34)(H,35,36);4-8,10-12,21H,9H2,1-3H3,(H,30,32)(H,33,34)(H,35,36);2*5-9,11-13,21H,4,10H2,1-3H3,(H,30,31)(H,32,33)(H,34,35)/t22-;3*21-/m0000/s1. The Kier molecular flexibility index (Phi) is 41.8. The molecule has 0 unspecified atom stereocenters. The number of Topliss-reactive ketones (excluding diaryl/α,β-unsaturated/α-hetero) is 1. The second kappa shape index (κ2) is 53.0. The lowest BCUT2D eigenvalue weighted by Gasteiger charge is -2.17. The van der Waals surface area contributed by atoms with E-state index in [0.29, 0.717) is 52.5 Å². The van der Waals surface area contributed by atoms with Gasteiger partial charge in [-0.1, -0.05) is 222 Å². The number of ketones is 1. The van der Waals surface area contributed by atoms with E-state index < -0.39 is 95.6 Å². The SMILES string of the molecule is CCOCc1cc(C)c(-c2ccc(C[C@H](NC(=O)c3c(Cl)cc(C(=O)O)cc3Cl)C(=O)O)cc2)c(OC)c1.CCc1cc(C)c(-c2ccc(C[C@H](NC(=O)c3c(Cl)cc(C(=O)O)cc3Cl)C(=O)O)cc2)c(OC)c1.CCc1cc(C)c(-c2ccc(C[C@H](NC(=O)c3c(Cl)cc(C(=O)O)cc3Cl)C(=O)O)cc2)c(OC)c1.COc1cc(C(C)=O)cc(C)c1-c1ccc(C[C@H](NC(=O)c2c(Cl)cc(C(=O)O)cc2Cl)C(=O)O)cc1. The molecule has 38 heteroatoms. The number of nitrogens with one attached hydrogen (secondary N) is 4. The highest BCUT2D eigenvalue weighted by Gasteiger charge is 2.32. The molecule has 0 aliphatic heterocycles. The molecule has 768 valence electrons. The van der Waals surface area contributed by atoms with Gasteiger partial charge in [-0.3, -0.25) is 24.0 Å². The molecule has 147 heavy (non-hydrogen) atoms. The summed E-state index contributed by atoms with van der Waals surface area (Å²) < 4.78 is 27.8. The third kappa shape index (κ3) is 30.3. The lowest BCUT2D eigenvalue weighted by atomic mass is 9.94. The van der Waals surface area contributed by atoms with E-state index in [1.54, 1.807) is 94.1 Å². The molecule has 4 atom stereocenters. The Labute approximate surface area is 884 Å². The Morgan fingerprint density at radius 1 is 0.272 bits per heavy atom. The Balaban J connectivity index is 0.000000218. The number of benzene rings is 12. The predicted octanol–water partition coefficient (Wildman–Crippen LogP) is 22.3. The Hall–Kier alpha value is -14.6. The minimum absolute atomic E-state index is 0.00673. The zero-order chi connectivity index (χ0) is 109. The molecule has 0 saturated heterocycles. The summed E-state index contributed by atoms with van der Waals surface area (Å²) >= 11 is 48.5. The second-order valence-electron chi connectivity index (χ2n) is 33.3. The van der Waals surface area contributed by atoms with Gasteiger partial charge in [-0.15, -0.1) is 0 Å². The van der Waals surface area contributed by atoms with Gasteiger partial charge in [0.2, 0.25) is 0 Å². The van der Waals surface area contributed by atoms with Crippen LogP contribution >= 0.6 is 92.8 Å². The van der Waals surface area contributed by atoms with E-state index >= 15 is 0 Å². The maximum Gasteiger partial charge on any atom is 0.335 e. The van der Waals surface area contributed by atoms with Crippen molar-refractivity contribution in [2.45, 2.75) is 125 Å². The van der Waals surface area contributed by atoms with Crippen LogP contribution in [0.15, 0.2) is 194 Å². The van der Waals surface area contributed by atoms with Crippen molar-refractivity contribution in [3.05, 3.63) is 346 Å². The maximum absolute atomic E-state index is 12.8. The van der Waals surface area contributed by atoms with Crippen LogP contribution in [0.25, 0.3) is 44.5 Å². The molecule has 12 aromatic rings. The molecule has 0 aliphatic rings. The Morgan fingerprint density at radius 2 is 0.476 bits per heavy atom. The van der Waals surface area contributed by atoms with Crippen molar-refractivity contribution in [1.82, 2.24) is 21.3 Å². The van der Waals surface area contributed by atoms with Crippen molar-refractivity contribution in [3.63, 3.8) is 0 Å². The quantitative estimate of drug-likeness (QED) is 0.0160. The number of halogens is 8. The van der Waals surface area contributed by atoms with Gasteiger partial charge in [0.15, 0.2) is 5.78 Å². The zero-order valence-corrected chi connectivity index (χ0v) is 86.9. The third-order valence-electron chi connectivity index (χ3n) is 23.2. The summed E-state index contributed by atoms with van der Waals surface area (Å²) in [4.78, 5) is 155. The number of hydrogen-bond donors (Lipinski definition) is 12. The summed E-state index contributed by atoms with van der Waals surface area (Å²) in [6.45, 7) is 16.5. The number of aromatic carboxylic acids is 4. The number of aryl methyl sites for hydroxylation is 6. The Bertz CT molecular complexity index is 6770. The number of carboxylic acids is 8. The van der Waals surface area contributed by atoms with Crippen LogP contribution in [-0.4, -0.2) is 177 Å². The first-order chi connectivity index (χ1) is 69.6. The summed E-state index contributed by atoms with van der Waals surface area (Å²) in [5.41, 5.74) is 16.1. The molecule has 12 N–H and O–H groups in total. The van der Waals surface area contributed by atoms with Crippen molar-refractivity contribution in [1.29, 1.82) is 0 Å². The number of carboxylic acid groups (broad SMARTS) is 8. The average molecular weight is 2170 g/mol. The number of aliphatic carboxylic acids is 4. The van der Waals surface area contributed by atoms with Gasteiger partial charge in [0.1, 0.15) is 47.2 Å². The van der Waals surface area contributed by atoms with Gasteiger partial charge in [-0.2, -0.15) is 0 Å². The molecule has 0 spiro atoms. The van der Waals surface area contributed by atoms with E-state index in [1.165, 1.54) is 25.2 Å². The number of hydrogen-bond acceptors (Lipinski definition) is 18. The van der Waals surface area contributed by atoms with Crippen molar-refractivity contribution in [3.8, 4) is 67.5 Å². The molecule has 0 fully saturated rings. The first-order valence-electron chi connectivity index (χ1n) is 44.8. The van der Waals surface area contributed by atoms with Crippen LogP contribution in [0.2, 0.25) is 40.2 Å². The fraction of sp³-hybridized carbons (Fsp3) is 0.220. The van der Waals surface area contributed by atoms with Crippen molar-refractivity contribution in [2.75, 3.05) is 35.0 Å². The molecule has 12 aromatic carbocycles. The molecule has 0 radical (unpaired) electrons. The Morgan fingerprint density at radius 3 is 0.667 bits per heavy atom. The van der Waals surface area contributed by atoms with Crippen LogP contribution in [-0.2, 0) is 69.0 Å². The molecular weight excluding hydrogens is 2060 g/mol. The highest BCUT2D eigenvalue weighted by atomic mass is 35.5. The lowest BCUT2D eigenvalue weighted by Crippen LogP contribution is -2.42. The number of carbonyl (C=O) groups is 13. The van der Waals surface area contributed by atoms with Crippen molar-refractivity contribution < 1.29 is 127 Å². The fourth-order valence-electron chi connectivity index (χ4n) is 15.8. The smallest absolute Gasteiger partial charge is 0.335 e. The number of carbonyl (C=O) groups excluding carboxylic acids is 5. The predicted molar refractivity (Wildman–Crippen MR) is 561 cm³/mol.